The van der Waals surface area contributed by atoms with Gasteiger partial charge in [0.25, 0.3) is 0 Å². The second kappa shape index (κ2) is 10.8. The Labute approximate surface area is 216 Å². The molecule has 1 saturated heterocycles. The number of benzene rings is 2. The number of anilines is 2. The minimum absolute atomic E-state index is 0.600. The molecule has 0 aliphatic carbocycles. The third-order valence-corrected chi connectivity index (χ3v) is 6.91. The highest BCUT2D eigenvalue weighted by Gasteiger charge is 2.16. The van der Waals surface area contributed by atoms with Crippen molar-refractivity contribution in [3.8, 4) is 11.1 Å². The van der Waals surface area contributed by atoms with Gasteiger partial charge < -0.3 is 20.1 Å². The smallest absolute Gasteiger partial charge is 0.225 e. The third kappa shape index (κ3) is 5.61. The number of nitrogens with one attached hydrogen (secondary N) is 2. The van der Waals surface area contributed by atoms with Crippen molar-refractivity contribution in [2.45, 2.75) is 20.4 Å². The van der Waals surface area contributed by atoms with Gasteiger partial charge in [-0.2, -0.15) is 4.98 Å². The van der Waals surface area contributed by atoms with Crippen LogP contribution in [0.15, 0.2) is 47.0 Å². The molecule has 36 heavy (non-hydrogen) atoms. The number of piperazine rings is 1. The topological polar surface area (TPSA) is 82.4 Å². The zero-order chi connectivity index (χ0) is 25.1. The number of nitrogens with zero attached hydrogens (tertiary/aromatic N) is 5. The lowest BCUT2D eigenvalue weighted by Gasteiger charge is -2.32. The average molecular weight is 506 g/mol. The molecule has 4 aromatic rings. The largest absolute Gasteiger partial charge is 0.365 e. The summed E-state index contributed by atoms with van der Waals surface area (Å²) in [7, 11) is 2.17. The maximum Gasteiger partial charge on any atom is 0.225 e. The Hall–Kier alpha value is -3.20. The summed E-state index contributed by atoms with van der Waals surface area (Å²) in [5, 5.41) is 12.7. The van der Waals surface area contributed by atoms with E-state index in [1.165, 1.54) is 0 Å². The summed E-state index contributed by atoms with van der Waals surface area (Å²) in [6.45, 7) is 10.6. The summed E-state index contributed by atoms with van der Waals surface area (Å²) in [6.07, 6.45) is 0. The van der Waals surface area contributed by atoms with Crippen LogP contribution >= 0.6 is 11.6 Å². The van der Waals surface area contributed by atoms with E-state index in [0.717, 1.165) is 84.1 Å². The lowest BCUT2D eigenvalue weighted by molar-refractivity contribution is 0.158. The summed E-state index contributed by atoms with van der Waals surface area (Å²) >= 11 is 6.20. The van der Waals surface area contributed by atoms with Crippen molar-refractivity contribution in [3.63, 3.8) is 0 Å². The molecule has 0 amide bonds. The van der Waals surface area contributed by atoms with Crippen LogP contribution in [0.5, 0.6) is 0 Å². The van der Waals surface area contributed by atoms with E-state index >= 15 is 0 Å². The van der Waals surface area contributed by atoms with E-state index in [-0.39, 0.29) is 0 Å². The predicted molar refractivity (Wildman–Crippen MR) is 146 cm³/mol. The third-order valence-electron chi connectivity index (χ3n) is 6.67. The van der Waals surface area contributed by atoms with Gasteiger partial charge in [-0.3, -0.25) is 4.90 Å². The van der Waals surface area contributed by atoms with Crippen LogP contribution in [0.1, 0.15) is 17.0 Å². The molecule has 0 bridgehead atoms. The Balaban J connectivity index is 1.41. The molecule has 8 nitrogen and oxygen atoms in total. The molecule has 0 atom stereocenters. The minimum atomic E-state index is 0.600. The number of hydrogen-bond donors (Lipinski definition) is 2. The van der Waals surface area contributed by atoms with E-state index in [4.69, 9.17) is 26.1 Å². The van der Waals surface area contributed by atoms with Gasteiger partial charge in [-0.05, 0) is 56.3 Å². The van der Waals surface area contributed by atoms with Crippen LogP contribution in [0, 0.1) is 13.8 Å². The quantitative estimate of drug-likeness (QED) is 0.352. The standard InChI is InChI=1S/C27H32ClN7O/c1-18-25(19(2)36-33-18)21-7-8-24-23(16-21)26(30-17-20-5-4-6-22(28)15-20)32-27(31-24)29-9-10-35-13-11-34(3)12-14-35/h4-8,15-16H,9-14,17H2,1-3H3,(H2,29,30,31,32). The van der Waals surface area contributed by atoms with Crippen LogP contribution in [0.2, 0.25) is 5.02 Å². The van der Waals surface area contributed by atoms with Crippen LogP contribution in [0.4, 0.5) is 11.8 Å². The van der Waals surface area contributed by atoms with Gasteiger partial charge in [-0.15, -0.1) is 0 Å². The Morgan fingerprint density at radius 2 is 1.83 bits per heavy atom. The number of aryl methyl sites for hydroxylation is 2. The molecule has 0 radical (unpaired) electrons. The van der Waals surface area contributed by atoms with Crippen molar-refractivity contribution < 1.29 is 4.52 Å². The molecule has 1 aliphatic rings. The summed E-state index contributed by atoms with van der Waals surface area (Å²) in [5.41, 5.74) is 4.86. The van der Waals surface area contributed by atoms with Gasteiger partial charge in [0.1, 0.15) is 11.6 Å². The van der Waals surface area contributed by atoms with Crippen LogP contribution in [-0.4, -0.2) is 71.2 Å². The van der Waals surface area contributed by atoms with E-state index in [9.17, 15) is 0 Å². The first-order chi connectivity index (χ1) is 17.5. The highest BCUT2D eigenvalue weighted by Crippen LogP contribution is 2.32. The van der Waals surface area contributed by atoms with Crippen molar-refractivity contribution in [2.24, 2.45) is 0 Å². The SMILES string of the molecule is Cc1noc(C)c1-c1ccc2nc(NCCN3CCN(C)CC3)nc(NCc3cccc(Cl)c3)c2c1. The number of rotatable bonds is 8. The van der Waals surface area contributed by atoms with Crippen molar-refractivity contribution in [3.05, 3.63) is 64.5 Å². The Kier molecular flexibility index (Phi) is 7.36. The second-order valence-electron chi connectivity index (χ2n) is 9.38. The van der Waals surface area contributed by atoms with Crippen LogP contribution in [-0.2, 0) is 6.54 Å². The minimum Gasteiger partial charge on any atom is -0.365 e. The molecular formula is C27H32ClN7O. The highest BCUT2D eigenvalue weighted by molar-refractivity contribution is 6.30. The van der Waals surface area contributed by atoms with Gasteiger partial charge in [0.2, 0.25) is 5.95 Å². The second-order valence-corrected chi connectivity index (χ2v) is 9.82. The molecule has 2 aromatic carbocycles. The molecule has 5 rings (SSSR count). The number of hydrogen-bond acceptors (Lipinski definition) is 8. The van der Waals surface area contributed by atoms with Crippen molar-refractivity contribution in [2.75, 3.05) is 56.9 Å². The zero-order valence-electron chi connectivity index (χ0n) is 21.0. The van der Waals surface area contributed by atoms with Crippen molar-refractivity contribution in [1.29, 1.82) is 0 Å². The van der Waals surface area contributed by atoms with E-state index in [1.807, 2.05) is 44.2 Å². The highest BCUT2D eigenvalue weighted by atomic mass is 35.5. The number of halogens is 1. The molecule has 1 fully saturated rings. The fraction of sp³-hybridized carbons (Fsp3) is 0.370. The average Bonchev–Trinajstić information content (AvgIpc) is 3.21. The Morgan fingerprint density at radius 1 is 1.00 bits per heavy atom. The van der Waals surface area contributed by atoms with Gasteiger partial charge in [0, 0.05) is 61.8 Å². The molecule has 0 saturated carbocycles. The summed E-state index contributed by atoms with van der Waals surface area (Å²) in [6, 6.07) is 14.1. The number of likely N-dealkylation sites (N-methyl/N-ethyl adjacent to an activating group) is 1. The Bertz CT molecular complexity index is 1330. The summed E-state index contributed by atoms with van der Waals surface area (Å²) in [4.78, 5) is 14.5. The van der Waals surface area contributed by atoms with Crippen LogP contribution in [0.25, 0.3) is 22.0 Å². The van der Waals surface area contributed by atoms with Gasteiger partial charge >= 0.3 is 0 Å². The molecule has 2 aromatic heterocycles. The van der Waals surface area contributed by atoms with Crippen LogP contribution < -0.4 is 10.6 Å². The van der Waals surface area contributed by atoms with Crippen LogP contribution in [0.3, 0.4) is 0 Å². The predicted octanol–water partition coefficient (Wildman–Crippen LogP) is 4.83. The molecule has 0 spiro atoms. The van der Waals surface area contributed by atoms with E-state index < -0.39 is 0 Å². The number of fused-ring (bicyclic) bond motifs is 1. The van der Waals surface area contributed by atoms with Gasteiger partial charge in [-0.25, -0.2) is 4.98 Å². The van der Waals surface area contributed by atoms with Gasteiger partial charge in [-0.1, -0.05) is 35.0 Å². The molecular weight excluding hydrogens is 474 g/mol. The normalized spacial score (nSPS) is 14.9. The lowest BCUT2D eigenvalue weighted by atomic mass is 10.0. The monoisotopic (exact) mass is 505 g/mol. The van der Waals surface area contributed by atoms with Gasteiger partial charge in [0.15, 0.2) is 0 Å². The molecule has 2 N–H and O–H groups in total. The van der Waals surface area contributed by atoms with E-state index in [0.29, 0.717) is 17.5 Å². The van der Waals surface area contributed by atoms with E-state index in [1.54, 1.807) is 0 Å². The van der Waals surface area contributed by atoms with E-state index in [2.05, 4.69) is 44.8 Å². The Morgan fingerprint density at radius 3 is 2.58 bits per heavy atom. The first-order valence-electron chi connectivity index (χ1n) is 12.3. The van der Waals surface area contributed by atoms with Crippen molar-refractivity contribution in [1.82, 2.24) is 24.9 Å². The molecule has 3 heterocycles. The zero-order valence-corrected chi connectivity index (χ0v) is 21.8. The molecule has 0 unspecified atom stereocenters. The van der Waals surface area contributed by atoms with Crippen molar-refractivity contribution >= 4 is 34.3 Å². The number of aromatic nitrogens is 3. The molecule has 188 valence electrons. The maximum atomic E-state index is 6.20. The summed E-state index contributed by atoms with van der Waals surface area (Å²) in [5.74, 6) is 2.19. The molecule has 1 aliphatic heterocycles. The first kappa shape index (κ1) is 24.5. The summed E-state index contributed by atoms with van der Waals surface area (Å²) < 4.78 is 5.40. The molecule has 9 heteroatoms. The lowest BCUT2D eigenvalue weighted by Crippen LogP contribution is -2.45. The fourth-order valence-electron chi connectivity index (χ4n) is 4.62. The maximum absolute atomic E-state index is 6.20. The first-order valence-corrected chi connectivity index (χ1v) is 12.7. The fourth-order valence-corrected chi connectivity index (χ4v) is 4.84. The van der Waals surface area contributed by atoms with Gasteiger partial charge in [0.05, 0.1) is 11.2 Å².